The Morgan fingerprint density at radius 2 is 1.59 bits per heavy atom. The minimum Gasteiger partial charge on any atom is -0.308 e. The molecule has 0 aliphatic rings. The summed E-state index contributed by atoms with van der Waals surface area (Å²) in [6.07, 6.45) is 0. The normalized spacial score (nSPS) is 10.2. The van der Waals surface area contributed by atoms with Crippen molar-refractivity contribution in [3.8, 4) is 0 Å². The molecule has 0 radical (unpaired) electrons. The van der Waals surface area contributed by atoms with E-state index in [9.17, 15) is 14.0 Å². The summed E-state index contributed by atoms with van der Waals surface area (Å²) in [5.74, 6) is -1.48. The highest BCUT2D eigenvalue weighted by molar-refractivity contribution is 6.35. The number of halogens is 4. The minimum atomic E-state index is -0.838. The SMILES string of the molecule is O=C(NC(=O)c1cc(F)ccc1Cl)Nc1cc(Cl)cc(Cl)c1. The number of hydrogen-bond acceptors (Lipinski definition) is 2. The van der Waals surface area contributed by atoms with Crippen molar-refractivity contribution < 1.29 is 14.0 Å². The van der Waals surface area contributed by atoms with Gasteiger partial charge in [-0.15, -0.1) is 0 Å². The molecule has 2 aromatic carbocycles. The first-order chi connectivity index (χ1) is 10.3. The average molecular weight is 362 g/mol. The molecule has 0 aromatic heterocycles. The lowest BCUT2D eigenvalue weighted by Crippen LogP contribution is -2.34. The van der Waals surface area contributed by atoms with Gasteiger partial charge in [0.1, 0.15) is 5.82 Å². The lowest BCUT2D eigenvalue weighted by atomic mass is 10.2. The fraction of sp³-hybridized carbons (Fsp3) is 0. The van der Waals surface area contributed by atoms with Crippen LogP contribution in [0, 0.1) is 5.82 Å². The first-order valence-electron chi connectivity index (χ1n) is 5.88. The van der Waals surface area contributed by atoms with E-state index in [0.717, 1.165) is 12.1 Å². The molecule has 4 nitrogen and oxygen atoms in total. The van der Waals surface area contributed by atoms with Crippen LogP contribution in [0.5, 0.6) is 0 Å². The predicted molar refractivity (Wildman–Crippen MR) is 84.4 cm³/mol. The van der Waals surface area contributed by atoms with Crippen molar-refractivity contribution in [2.24, 2.45) is 0 Å². The molecule has 2 N–H and O–H groups in total. The van der Waals surface area contributed by atoms with Gasteiger partial charge in [0, 0.05) is 15.7 Å². The molecule has 22 heavy (non-hydrogen) atoms. The summed E-state index contributed by atoms with van der Waals surface area (Å²) < 4.78 is 13.1. The zero-order valence-electron chi connectivity index (χ0n) is 10.8. The van der Waals surface area contributed by atoms with Gasteiger partial charge in [-0.2, -0.15) is 0 Å². The Morgan fingerprint density at radius 1 is 0.955 bits per heavy atom. The Bertz CT molecular complexity index is 733. The van der Waals surface area contributed by atoms with Gasteiger partial charge in [-0.05, 0) is 36.4 Å². The Hall–Kier alpha value is -1.82. The van der Waals surface area contributed by atoms with Gasteiger partial charge >= 0.3 is 6.03 Å². The molecule has 0 heterocycles. The number of hydrogen-bond donors (Lipinski definition) is 2. The highest BCUT2D eigenvalue weighted by Crippen LogP contribution is 2.22. The molecule has 0 saturated heterocycles. The van der Waals surface area contributed by atoms with Crippen LogP contribution in [0.1, 0.15) is 10.4 Å². The molecule has 0 unspecified atom stereocenters. The quantitative estimate of drug-likeness (QED) is 0.811. The molecular weight excluding hydrogens is 354 g/mol. The van der Waals surface area contributed by atoms with Gasteiger partial charge in [-0.3, -0.25) is 10.1 Å². The van der Waals surface area contributed by atoms with E-state index in [1.165, 1.54) is 24.3 Å². The van der Waals surface area contributed by atoms with Gasteiger partial charge in [0.2, 0.25) is 0 Å². The fourth-order valence-electron chi connectivity index (χ4n) is 1.63. The smallest absolute Gasteiger partial charge is 0.308 e. The van der Waals surface area contributed by atoms with Gasteiger partial charge in [-0.1, -0.05) is 34.8 Å². The van der Waals surface area contributed by atoms with Gasteiger partial charge in [0.25, 0.3) is 5.91 Å². The molecule has 0 fully saturated rings. The number of amides is 3. The summed E-state index contributed by atoms with van der Waals surface area (Å²) in [7, 11) is 0. The van der Waals surface area contributed by atoms with Crippen molar-refractivity contribution in [2.75, 3.05) is 5.32 Å². The van der Waals surface area contributed by atoms with Crippen molar-refractivity contribution >= 4 is 52.4 Å². The summed E-state index contributed by atoms with van der Waals surface area (Å²) in [4.78, 5) is 23.6. The predicted octanol–water partition coefficient (Wildman–Crippen LogP) is 4.75. The zero-order valence-corrected chi connectivity index (χ0v) is 13.1. The molecule has 114 valence electrons. The van der Waals surface area contributed by atoms with E-state index in [2.05, 4.69) is 5.32 Å². The largest absolute Gasteiger partial charge is 0.326 e. The fourth-order valence-corrected chi connectivity index (χ4v) is 2.36. The molecule has 3 amide bonds. The first kappa shape index (κ1) is 16.5. The number of carbonyl (C=O) groups is 2. The van der Waals surface area contributed by atoms with Gasteiger partial charge in [0.05, 0.1) is 10.6 Å². The van der Waals surface area contributed by atoms with Crippen LogP contribution in [0.3, 0.4) is 0 Å². The van der Waals surface area contributed by atoms with Crippen LogP contribution in [-0.4, -0.2) is 11.9 Å². The Balaban J connectivity index is 2.08. The summed E-state index contributed by atoms with van der Waals surface area (Å²) >= 11 is 17.4. The molecule has 0 atom stereocenters. The van der Waals surface area contributed by atoms with Crippen LogP contribution in [0.2, 0.25) is 15.1 Å². The molecule has 0 aliphatic carbocycles. The van der Waals surface area contributed by atoms with Gasteiger partial charge < -0.3 is 5.32 Å². The zero-order chi connectivity index (χ0) is 16.3. The van der Waals surface area contributed by atoms with E-state index in [1.807, 2.05) is 5.32 Å². The van der Waals surface area contributed by atoms with Crippen molar-refractivity contribution in [3.05, 3.63) is 62.8 Å². The second-order valence-electron chi connectivity index (χ2n) is 4.19. The van der Waals surface area contributed by atoms with Crippen LogP contribution >= 0.6 is 34.8 Å². The Kier molecular flexibility index (Phi) is 5.24. The second-order valence-corrected chi connectivity index (χ2v) is 5.47. The summed E-state index contributed by atoms with van der Waals surface area (Å²) in [6.45, 7) is 0. The van der Waals surface area contributed by atoms with Crippen LogP contribution in [0.15, 0.2) is 36.4 Å². The van der Waals surface area contributed by atoms with E-state index in [1.54, 1.807) is 0 Å². The van der Waals surface area contributed by atoms with Crippen LogP contribution in [-0.2, 0) is 0 Å². The molecule has 8 heteroatoms. The maximum Gasteiger partial charge on any atom is 0.326 e. The van der Waals surface area contributed by atoms with Crippen molar-refractivity contribution in [3.63, 3.8) is 0 Å². The molecule has 0 aliphatic heterocycles. The number of anilines is 1. The van der Waals surface area contributed by atoms with Crippen LogP contribution in [0.4, 0.5) is 14.9 Å². The van der Waals surface area contributed by atoms with Crippen LogP contribution < -0.4 is 10.6 Å². The number of urea groups is 1. The Morgan fingerprint density at radius 3 is 2.23 bits per heavy atom. The monoisotopic (exact) mass is 360 g/mol. The molecular formula is C14H8Cl3FN2O2. The van der Waals surface area contributed by atoms with Crippen molar-refractivity contribution in [1.29, 1.82) is 0 Å². The molecule has 2 aromatic rings. The van der Waals surface area contributed by atoms with E-state index in [-0.39, 0.29) is 10.6 Å². The average Bonchev–Trinajstić information content (AvgIpc) is 2.39. The van der Waals surface area contributed by atoms with E-state index < -0.39 is 17.8 Å². The second kappa shape index (κ2) is 6.96. The number of benzene rings is 2. The Labute approximate surface area is 140 Å². The highest BCUT2D eigenvalue weighted by atomic mass is 35.5. The number of carbonyl (C=O) groups excluding carboxylic acids is 2. The maximum absolute atomic E-state index is 13.1. The van der Waals surface area contributed by atoms with E-state index in [4.69, 9.17) is 34.8 Å². The van der Waals surface area contributed by atoms with Gasteiger partial charge in [-0.25, -0.2) is 9.18 Å². The van der Waals surface area contributed by atoms with Crippen LogP contribution in [0.25, 0.3) is 0 Å². The third-order valence-electron chi connectivity index (χ3n) is 2.52. The number of rotatable bonds is 2. The van der Waals surface area contributed by atoms with Crippen molar-refractivity contribution in [1.82, 2.24) is 5.32 Å². The number of imide groups is 1. The highest BCUT2D eigenvalue weighted by Gasteiger charge is 2.15. The minimum absolute atomic E-state index is 0.0255. The molecule has 0 spiro atoms. The number of nitrogens with one attached hydrogen (secondary N) is 2. The topological polar surface area (TPSA) is 58.2 Å². The van der Waals surface area contributed by atoms with Crippen molar-refractivity contribution in [2.45, 2.75) is 0 Å². The lowest BCUT2D eigenvalue weighted by molar-refractivity contribution is 0.0967. The molecule has 0 bridgehead atoms. The maximum atomic E-state index is 13.1. The lowest BCUT2D eigenvalue weighted by Gasteiger charge is -2.08. The third-order valence-corrected chi connectivity index (χ3v) is 3.29. The summed E-state index contributed by atoms with van der Waals surface area (Å²) in [5, 5.41) is 5.08. The summed E-state index contributed by atoms with van der Waals surface area (Å²) in [5.41, 5.74) is 0.147. The molecule has 2 rings (SSSR count). The molecule has 0 saturated carbocycles. The van der Waals surface area contributed by atoms with E-state index in [0.29, 0.717) is 15.7 Å². The third kappa shape index (κ3) is 4.34. The summed E-state index contributed by atoms with van der Waals surface area (Å²) in [6, 6.07) is 6.82. The van der Waals surface area contributed by atoms with Gasteiger partial charge in [0.15, 0.2) is 0 Å². The van der Waals surface area contributed by atoms with E-state index >= 15 is 0 Å². The first-order valence-corrected chi connectivity index (χ1v) is 7.02. The standard InChI is InChI=1S/C14H8Cl3FN2O2/c15-7-3-8(16)5-10(4-7)19-14(22)20-13(21)11-6-9(18)1-2-12(11)17/h1-6H,(H2,19,20,21,22).